The van der Waals surface area contributed by atoms with Gasteiger partial charge in [-0.3, -0.25) is 9.59 Å². The van der Waals surface area contributed by atoms with E-state index in [2.05, 4.69) is 84.9 Å². The van der Waals surface area contributed by atoms with Crippen LogP contribution in [0, 0.1) is 0 Å². The minimum Gasteiger partial charge on any atom is -0.491 e. The average molecular weight is 985 g/mol. The summed E-state index contributed by atoms with van der Waals surface area (Å²) in [6, 6.07) is 61.7. The normalized spacial score (nSPS) is 13.1. The molecule has 8 aromatic rings. The van der Waals surface area contributed by atoms with Crippen molar-refractivity contribution in [3.8, 4) is 57.1 Å². The zero-order chi connectivity index (χ0) is 52.5. The van der Waals surface area contributed by atoms with Crippen LogP contribution in [-0.2, 0) is 10.8 Å². The second-order valence-electron chi connectivity index (χ2n) is 20.0. The fourth-order valence-corrected chi connectivity index (χ4v) is 9.35. The molecule has 0 amide bonds. The van der Waals surface area contributed by atoms with Crippen molar-refractivity contribution in [2.24, 2.45) is 0 Å². The van der Waals surface area contributed by atoms with Gasteiger partial charge in [0, 0.05) is 27.7 Å². The Balaban J connectivity index is 0.844. The minimum atomic E-state index is -0.561. The molecule has 7 nitrogen and oxygen atoms in total. The zero-order valence-corrected chi connectivity index (χ0v) is 44.2. The number of rotatable bonds is 22. The summed E-state index contributed by atoms with van der Waals surface area (Å²) in [7, 11) is 0. The first-order valence-corrected chi connectivity index (χ1v) is 25.9. The van der Waals surface area contributed by atoms with E-state index in [9.17, 15) is 9.59 Å². The van der Waals surface area contributed by atoms with Crippen LogP contribution in [0.1, 0.15) is 131 Å². The molecule has 0 saturated carbocycles. The Bertz CT molecular complexity index is 3100. The largest absolute Gasteiger partial charge is 0.491 e. The van der Waals surface area contributed by atoms with Crippen LogP contribution >= 0.6 is 0 Å². The van der Waals surface area contributed by atoms with E-state index < -0.39 is 5.60 Å². The van der Waals surface area contributed by atoms with Crippen molar-refractivity contribution in [2.45, 2.75) is 111 Å². The summed E-state index contributed by atoms with van der Waals surface area (Å²) >= 11 is 0. The van der Waals surface area contributed by atoms with Gasteiger partial charge in [-0.25, -0.2) is 0 Å². The van der Waals surface area contributed by atoms with E-state index in [1.807, 2.05) is 159 Å². The third kappa shape index (κ3) is 12.0. The van der Waals surface area contributed by atoms with Gasteiger partial charge in [0.15, 0.2) is 11.6 Å². The highest BCUT2D eigenvalue weighted by atomic mass is 16.5. The zero-order valence-electron chi connectivity index (χ0n) is 44.2. The van der Waals surface area contributed by atoms with Gasteiger partial charge in [0.2, 0.25) is 0 Å². The lowest BCUT2D eigenvalue weighted by Crippen LogP contribution is -2.51. The fraction of sp³-hybridized carbons (Fsp3) is 0.254. The highest BCUT2D eigenvalue weighted by molar-refractivity contribution is 6.09. The molecule has 8 rings (SSSR count). The van der Waals surface area contributed by atoms with Crippen LogP contribution in [0.4, 0.5) is 0 Å². The molecule has 0 bridgehead atoms. The van der Waals surface area contributed by atoms with Crippen molar-refractivity contribution in [2.75, 3.05) is 0 Å². The van der Waals surface area contributed by atoms with Crippen molar-refractivity contribution >= 4 is 11.6 Å². The first kappa shape index (κ1) is 52.4. The molecule has 74 heavy (non-hydrogen) atoms. The molecule has 7 heteroatoms. The monoisotopic (exact) mass is 984 g/mol. The molecular formula is C67H68O7. The summed E-state index contributed by atoms with van der Waals surface area (Å²) in [6.07, 6.45) is 3.80. The van der Waals surface area contributed by atoms with Gasteiger partial charge in [-0.2, -0.15) is 0 Å². The van der Waals surface area contributed by atoms with Crippen molar-refractivity contribution in [3.05, 3.63) is 228 Å². The first-order chi connectivity index (χ1) is 35.6. The molecule has 0 heterocycles. The summed E-state index contributed by atoms with van der Waals surface area (Å²) in [5.74, 6) is 5.55. The molecule has 0 aliphatic rings. The van der Waals surface area contributed by atoms with Gasteiger partial charge >= 0.3 is 0 Å². The highest BCUT2D eigenvalue weighted by Gasteiger charge is 2.45. The average Bonchev–Trinajstić information content (AvgIpc) is 3.44. The molecule has 378 valence electrons. The van der Waals surface area contributed by atoms with Gasteiger partial charge in [-0.05, 0) is 195 Å². The number of hydrogen-bond donors (Lipinski definition) is 0. The lowest BCUT2D eigenvalue weighted by molar-refractivity contribution is 0.00305. The Morgan fingerprint density at radius 3 is 0.986 bits per heavy atom. The first-order valence-electron chi connectivity index (χ1n) is 25.9. The number of ether oxygens (including phenoxy) is 5. The molecule has 0 fully saturated rings. The molecule has 0 saturated heterocycles. The van der Waals surface area contributed by atoms with Crippen LogP contribution in [0.5, 0.6) is 46.0 Å². The van der Waals surface area contributed by atoms with Crippen LogP contribution in [0.3, 0.4) is 0 Å². The molecule has 2 atom stereocenters. The standard InChI is InChI=1S/C67H68O7/c1-10-65(7,11-2)53-26-14-49(15-27-53)63(68)51-22-32-57(33-23-51)71-56-30-18-47(19-31-56)48-20-36-62(37-21-48)74-67(9,13-4)66(8,12-3)54-28-16-50(17-29-54)64(69)52-24-34-58(35-25-52)72-60-42-44-61(45-43-60)73-59-40-38-55(39-41-59)70-46(5)6/h14-46H,10-13H2,1-9H3. The van der Waals surface area contributed by atoms with E-state index in [4.69, 9.17) is 23.7 Å². The Morgan fingerprint density at radius 1 is 0.365 bits per heavy atom. The maximum atomic E-state index is 13.7. The van der Waals surface area contributed by atoms with Crippen molar-refractivity contribution in [1.29, 1.82) is 0 Å². The maximum absolute atomic E-state index is 13.7. The number of hydrogen-bond acceptors (Lipinski definition) is 7. The Kier molecular flexibility index (Phi) is 16.2. The van der Waals surface area contributed by atoms with Gasteiger partial charge < -0.3 is 23.7 Å². The lowest BCUT2D eigenvalue weighted by Gasteiger charge is -2.46. The van der Waals surface area contributed by atoms with Crippen LogP contribution in [0.25, 0.3) is 11.1 Å². The van der Waals surface area contributed by atoms with Crippen LogP contribution in [-0.4, -0.2) is 23.3 Å². The number of ketones is 2. The van der Waals surface area contributed by atoms with Crippen molar-refractivity contribution < 1.29 is 33.3 Å². The highest BCUT2D eigenvalue weighted by Crippen LogP contribution is 2.44. The molecular weight excluding hydrogens is 917 g/mol. The summed E-state index contributed by atoms with van der Waals surface area (Å²) < 4.78 is 30.9. The third-order valence-electron chi connectivity index (χ3n) is 15.1. The van der Waals surface area contributed by atoms with Gasteiger partial charge in [-0.1, -0.05) is 114 Å². The Morgan fingerprint density at radius 2 is 0.662 bits per heavy atom. The van der Waals surface area contributed by atoms with Crippen molar-refractivity contribution in [1.82, 2.24) is 0 Å². The Hall–Kier alpha value is -7.90. The van der Waals surface area contributed by atoms with E-state index in [1.54, 1.807) is 12.1 Å². The van der Waals surface area contributed by atoms with Crippen molar-refractivity contribution in [3.63, 3.8) is 0 Å². The molecule has 2 unspecified atom stereocenters. The fourth-order valence-electron chi connectivity index (χ4n) is 9.35. The van der Waals surface area contributed by atoms with E-state index in [1.165, 1.54) is 5.56 Å². The van der Waals surface area contributed by atoms with E-state index in [0.29, 0.717) is 56.8 Å². The predicted octanol–water partition coefficient (Wildman–Crippen LogP) is 18.0. The van der Waals surface area contributed by atoms with Crippen LogP contribution in [0.2, 0.25) is 0 Å². The molecule has 0 aliphatic heterocycles. The quantitative estimate of drug-likeness (QED) is 0.0626. The van der Waals surface area contributed by atoms with Gasteiger partial charge in [0.05, 0.1) is 6.10 Å². The van der Waals surface area contributed by atoms with E-state index >= 15 is 0 Å². The minimum absolute atomic E-state index is 0.00759. The number of benzene rings is 8. The molecule has 0 aromatic heterocycles. The summed E-state index contributed by atoms with van der Waals surface area (Å²) in [5, 5.41) is 0. The lowest BCUT2D eigenvalue weighted by atomic mass is 9.66. The SMILES string of the molecule is CCC(C)(CC)c1ccc(C(=O)c2ccc(Oc3ccc(-c4ccc(OC(C)(CC)C(C)(CC)c5ccc(C(=O)c6ccc(Oc7ccc(Oc8ccc(OC(C)C)cc8)cc7)cc6)cc5)cc4)cc3)cc2)cc1. The summed E-state index contributed by atoms with van der Waals surface area (Å²) in [5.41, 5.74) is 6.13. The van der Waals surface area contributed by atoms with E-state index in [0.717, 1.165) is 53.9 Å². The Labute approximate surface area is 438 Å². The number of carbonyl (C=O) groups excluding carboxylic acids is 2. The molecule has 0 aliphatic carbocycles. The smallest absolute Gasteiger partial charge is 0.193 e. The topological polar surface area (TPSA) is 80.3 Å². The second kappa shape index (κ2) is 22.9. The second-order valence-corrected chi connectivity index (χ2v) is 20.0. The summed E-state index contributed by atoms with van der Waals surface area (Å²) in [4.78, 5) is 27.0. The number of carbonyl (C=O) groups is 2. The van der Waals surface area contributed by atoms with Gasteiger partial charge in [0.25, 0.3) is 0 Å². The molecule has 0 N–H and O–H groups in total. The molecule has 8 aromatic carbocycles. The van der Waals surface area contributed by atoms with Gasteiger partial charge in [0.1, 0.15) is 51.6 Å². The molecule has 0 spiro atoms. The van der Waals surface area contributed by atoms with Crippen LogP contribution in [0.15, 0.2) is 194 Å². The third-order valence-corrected chi connectivity index (χ3v) is 15.1. The summed E-state index contributed by atoms with van der Waals surface area (Å²) in [6.45, 7) is 19.5. The van der Waals surface area contributed by atoms with Gasteiger partial charge in [-0.15, -0.1) is 0 Å². The van der Waals surface area contributed by atoms with Crippen LogP contribution < -0.4 is 23.7 Å². The maximum Gasteiger partial charge on any atom is 0.193 e. The molecule has 0 radical (unpaired) electrons. The van der Waals surface area contributed by atoms with E-state index in [-0.39, 0.29) is 28.5 Å². The predicted molar refractivity (Wildman–Crippen MR) is 298 cm³/mol.